The van der Waals surface area contributed by atoms with Gasteiger partial charge in [0.25, 0.3) is 0 Å². The van der Waals surface area contributed by atoms with E-state index in [0.29, 0.717) is 15.9 Å². The fraction of sp³-hybridized carbons (Fsp3) is 0.111. The molecule has 0 amide bonds. The van der Waals surface area contributed by atoms with Gasteiger partial charge in [0, 0.05) is 23.0 Å². The lowest BCUT2D eigenvalue weighted by atomic mass is 10.1. The van der Waals surface area contributed by atoms with Crippen LogP contribution in [0.4, 0.5) is 10.1 Å². The molecule has 3 rings (SSSR count). The van der Waals surface area contributed by atoms with Crippen molar-refractivity contribution in [2.45, 2.75) is 0 Å². The zero-order chi connectivity index (χ0) is 19.0. The molecule has 0 aliphatic carbocycles. The van der Waals surface area contributed by atoms with Crippen molar-refractivity contribution < 1.29 is 19.1 Å². The maximum Gasteiger partial charge on any atom is 0.354 e. The molecular formula is C18H13Cl2FN2O3. The van der Waals surface area contributed by atoms with Crippen LogP contribution in [0.15, 0.2) is 36.4 Å². The van der Waals surface area contributed by atoms with Gasteiger partial charge in [-0.15, -0.1) is 0 Å². The molecule has 0 radical (unpaired) electrons. The number of carbonyl (C=O) groups is 2. The predicted molar refractivity (Wildman–Crippen MR) is 99.3 cm³/mol. The van der Waals surface area contributed by atoms with Crippen molar-refractivity contribution in [1.29, 1.82) is 0 Å². The van der Waals surface area contributed by atoms with E-state index in [2.05, 4.69) is 4.98 Å². The van der Waals surface area contributed by atoms with E-state index in [-0.39, 0.29) is 34.3 Å². The Labute approximate surface area is 157 Å². The highest BCUT2D eigenvalue weighted by atomic mass is 35.5. The molecule has 0 saturated carbocycles. The number of halogens is 3. The van der Waals surface area contributed by atoms with E-state index >= 15 is 0 Å². The van der Waals surface area contributed by atoms with Crippen LogP contribution in [0.3, 0.4) is 0 Å². The molecule has 5 nitrogen and oxygen atoms in total. The average molecular weight is 395 g/mol. The average Bonchev–Trinajstić information content (AvgIpc) is 2.94. The van der Waals surface area contributed by atoms with Gasteiger partial charge in [-0.05, 0) is 24.3 Å². The summed E-state index contributed by atoms with van der Waals surface area (Å²) in [6, 6.07) is 8.37. The van der Waals surface area contributed by atoms with Crippen molar-refractivity contribution in [3.8, 4) is 0 Å². The fourth-order valence-corrected chi connectivity index (χ4v) is 3.40. The molecule has 0 saturated heterocycles. The second-order valence-electron chi connectivity index (χ2n) is 5.75. The molecule has 26 heavy (non-hydrogen) atoms. The minimum atomic E-state index is -1.20. The largest absolute Gasteiger partial charge is 0.477 e. The van der Waals surface area contributed by atoms with Gasteiger partial charge in [-0.2, -0.15) is 0 Å². The van der Waals surface area contributed by atoms with E-state index in [4.69, 9.17) is 23.2 Å². The molecular weight excluding hydrogens is 382 g/mol. The Hall–Kier alpha value is -2.57. The number of ketones is 1. The van der Waals surface area contributed by atoms with Crippen LogP contribution >= 0.6 is 23.2 Å². The highest BCUT2D eigenvalue weighted by molar-refractivity contribution is 6.40. The molecule has 0 bridgehead atoms. The normalized spacial score (nSPS) is 10.9. The maximum atomic E-state index is 13.3. The molecule has 0 unspecified atom stereocenters. The minimum absolute atomic E-state index is 0.112. The van der Waals surface area contributed by atoms with Crippen LogP contribution in [0.5, 0.6) is 0 Å². The quantitative estimate of drug-likeness (QED) is 0.618. The number of nitrogens with zero attached hydrogens (tertiary/aromatic N) is 1. The molecule has 1 aromatic heterocycles. The van der Waals surface area contributed by atoms with Crippen LogP contribution in [-0.4, -0.2) is 35.4 Å². The number of carbonyl (C=O) groups excluding carboxylic acids is 1. The first kappa shape index (κ1) is 18.2. The van der Waals surface area contributed by atoms with Gasteiger partial charge in [-0.3, -0.25) is 4.79 Å². The third-order valence-corrected chi connectivity index (χ3v) is 4.43. The second-order valence-corrected chi connectivity index (χ2v) is 6.60. The van der Waals surface area contributed by atoms with Crippen LogP contribution in [0, 0.1) is 5.82 Å². The molecule has 134 valence electrons. The molecule has 3 aromatic rings. The van der Waals surface area contributed by atoms with Crippen molar-refractivity contribution in [1.82, 2.24) is 4.98 Å². The zero-order valence-corrected chi connectivity index (χ0v) is 15.0. The molecule has 0 aliphatic heterocycles. The first-order chi connectivity index (χ1) is 12.3. The monoisotopic (exact) mass is 394 g/mol. The van der Waals surface area contributed by atoms with Crippen LogP contribution in [0.1, 0.15) is 20.8 Å². The number of carboxylic acid groups (broad SMARTS) is 1. The highest BCUT2D eigenvalue weighted by Gasteiger charge is 2.24. The first-order valence-electron chi connectivity index (χ1n) is 7.52. The van der Waals surface area contributed by atoms with E-state index in [0.717, 1.165) is 6.07 Å². The Bertz CT molecular complexity index is 1030. The fourth-order valence-electron chi connectivity index (χ4n) is 2.82. The van der Waals surface area contributed by atoms with Gasteiger partial charge in [-0.1, -0.05) is 35.3 Å². The molecule has 8 heteroatoms. The summed E-state index contributed by atoms with van der Waals surface area (Å²) in [7, 11) is 1.57. The molecule has 0 spiro atoms. The number of rotatable bonds is 5. The number of H-pyrrole nitrogens is 1. The van der Waals surface area contributed by atoms with Crippen molar-refractivity contribution in [3.05, 3.63) is 63.5 Å². The number of carboxylic acids is 1. The number of fused-ring (bicyclic) bond motifs is 1. The molecule has 0 fully saturated rings. The van der Waals surface area contributed by atoms with Crippen LogP contribution in [0.2, 0.25) is 10.0 Å². The minimum Gasteiger partial charge on any atom is -0.477 e. The number of hydrogen-bond acceptors (Lipinski definition) is 3. The summed E-state index contributed by atoms with van der Waals surface area (Å²) >= 11 is 12.2. The predicted octanol–water partition coefficient (Wildman–Crippen LogP) is 4.63. The number of Topliss-reactive ketones (excluding diaryl/α,β-unsaturated/α-hetero) is 1. The van der Waals surface area contributed by atoms with Gasteiger partial charge >= 0.3 is 5.97 Å². The first-order valence-corrected chi connectivity index (χ1v) is 8.27. The smallest absolute Gasteiger partial charge is 0.354 e. The van der Waals surface area contributed by atoms with Crippen molar-refractivity contribution in [2.24, 2.45) is 0 Å². The standard InChI is InChI=1S/C18H13Cl2FN2O3/c1-23(8-14(24)9-3-2-4-11(21)5-9)17-15-12(20)6-10(19)7-13(15)22-16(17)18(25)26/h2-7,22H,8H2,1H3,(H,25,26). The van der Waals surface area contributed by atoms with Crippen LogP contribution in [0.25, 0.3) is 10.9 Å². The maximum absolute atomic E-state index is 13.3. The van der Waals surface area contributed by atoms with E-state index in [1.165, 1.54) is 29.2 Å². The second kappa shape index (κ2) is 6.97. The summed E-state index contributed by atoms with van der Waals surface area (Å²) in [6.07, 6.45) is 0. The summed E-state index contributed by atoms with van der Waals surface area (Å²) in [5.74, 6) is -2.08. The topological polar surface area (TPSA) is 73.4 Å². The molecule has 0 atom stereocenters. The number of likely N-dealkylation sites (N-methyl/N-ethyl adjacent to an activating group) is 1. The summed E-state index contributed by atoms with van der Waals surface area (Å²) < 4.78 is 13.3. The van der Waals surface area contributed by atoms with Crippen LogP contribution < -0.4 is 4.90 Å². The number of aromatic amines is 1. The third-order valence-electron chi connectivity index (χ3n) is 3.91. The van der Waals surface area contributed by atoms with Gasteiger partial charge in [-0.25, -0.2) is 9.18 Å². The lowest BCUT2D eigenvalue weighted by Crippen LogP contribution is -2.27. The van der Waals surface area contributed by atoms with E-state index in [1.54, 1.807) is 13.1 Å². The van der Waals surface area contributed by atoms with Crippen molar-refractivity contribution in [2.75, 3.05) is 18.5 Å². The Morgan fingerprint density at radius 3 is 2.62 bits per heavy atom. The lowest BCUT2D eigenvalue weighted by molar-refractivity contribution is 0.0691. The van der Waals surface area contributed by atoms with Gasteiger partial charge < -0.3 is 15.0 Å². The Balaban J connectivity index is 2.04. The van der Waals surface area contributed by atoms with E-state index in [9.17, 15) is 19.1 Å². The van der Waals surface area contributed by atoms with Gasteiger partial charge in [0.05, 0.1) is 22.8 Å². The number of benzene rings is 2. The summed E-state index contributed by atoms with van der Waals surface area (Å²) in [5, 5.41) is 10.6. The number of anilines is 1. The van der Waals surface area contributed by atoms with E-state index in [1.807, 2.05) is 0 Å². The van der Waals surface area contributed by atoms with Crippen molar-refractivity contribution >= 4 is 51.5 Å². The molecule has 2 N–H and O–H groups in total. The van der Waals surface area contributed by atoms with Crippen LogP contribution in [-0.2, 0) is 0 Å². The number of nitrogens with one attached hydrogen (secondary N) is 1. The van der Waals surface area contributed by atoms with Gasteiger partial charge in [0.2, 0.25) is 0 Å². The van der Waals surface area contributed by atoms with Gasteiger partial charge in [0.15, 0.2) is 5.78 Å². The molecule has 0 aliphatic rings. The molecule has 2 aromatic carbocycles. The third kappa shape index (κ3) is 3.38. The molecule has 1 heterocycles. The number of aromatic carboxylic acids is 1. The van der Waals surface area contributed by atoms with Crippen molar-refractivity contribution in [3.63, 3.8) is 0 Å². The SMILES string of the molecule is CN(CC(=O)c1cccc(F)c1)c1c(C(=O)O)[nH]c2cc(Cl)cc(Cl)c12. The Morgan fingerprint density at radius 1 is 1.23 bits per heavy atom. The lowest BCUT2D eigenvalue weighted by Gasteiger charge is -2.19. The summed E-state index contributed by atoms with van der Waals surface area (Å²) in [4.78, 5) is 28.3. The van der Waals surface area contributed by atoms with E-state index < -0.39 is 11.8 Å². The summed E-state index contributed by atoms with van der Waals surface area (Å²) in [5.41, 5.74) is 0.792. The number of aromatic nitrogens is 1. The van der Waals surface area contributed by atoms with Gasteiger partial charge in [0.1, 0.15) is 11.5 Å². The highest BCUT2D eigenvalue weighted by Crippen LogP contribution is 2.37. The Kier molecular flexibility index (Phi) is 4.89. The summed E-state index contributed by atoms with van der Waals surface area (Å²) in [6.45, 7) is -0.157. The Morgan fingerprint density at radius 2 is 1.96 bits per heavy atom. The number of hydrogen-bond donors (Lipinski definition) is 2. The zero-order valence-electron chi connectivity index (χ0n) is 13.5.